The molecule has 8 heteroatoms. The first kappa shape index (κ1) is 19.4. The average Bonchev–Trinajstić information content (AvgIpc) is 2.43. The Morgan fingerprint density at radius 3 is 2.39 bits per heavy atom. The first-order chi connectivity index (χ1) is 10.7. The first-order valence-electron chi connectivity index (χ1n) is 7.11. The van der Waals surface area contributed by atoms with Gasteiger partial charge in [-0.2, -0.15) is 8.42 Å². The summed E-state index contributed by atoms with van der Waals surface area (Å²) < 4.78 is 32.6. The summed E-state index contributed by atoms with van der Waals surface area (Å²) in [5.41, 5.74) is 0.626. The lowest BCUT2D eigenvalue weighted by molar-refractivity contribution is -0.135. The van der Waals surface area contributed by atoms with Crippen LogP contribution in [0.25, 0.3) is 0 Å². The number of carbonyl (C=O) groups excluding carboxylic acids is 1. The van der Waals surface area contributed by atoms with Crippen molar-refractivity contribution in [2.75, 3.05) is 47.2 Å². The number of hydrogen-bond donors (Lipinski definition) is 0. The summed E-state index contributed by atoms with van der Waals surface area (Å²) in [6, 6.07) is 6.77. The van der Waals surface area contributed by atoms with Crippen LogP contribution in [0.15, 0.2) is 24.3 Å². The molecule has 7 nitrogen and oxygen atoms in total. The van der Waals surface area contributed by atoms with Crippen molar-refractivity contribution in [1.82, 2.24) is 9.80 Å². The second-order valence-electron chi connectivity index (χ2n) is 5.45. The first-order valence-corrected chi connectivity index (χ1v) is 8.93. The van der Waals surface area contributed by atoms with Crippen LogP contribution in [0.2, 0.25) is 0 Å². The maximum Gasteiger partial charge on any atom is 0.306 e. The molecule has 0 spiro atoms. The highest BCUT2D eigenvalue weighted by Gasteiger charge is 2.17. The van der Waals surface area contributed by atoms with E-state index in [-0.39, 0.29) is 24.8 Å². The van der Waals surface area contributed by atoms with Crippen LogP contribution in [-0.2, 0) is 26.2 Å². The number of methoxy groups -OCH3 is 1. The van der Waals surface area contributed by atoms with Crippen LogP contribution in [0.1, 0.15) is 5.56 Å². The predicted octanol–water partition coefficient (Wildman–Crippen LogP) is 0.562. The van der Waals surface area contributed by atoms with Crippen LogP contribution in [0, 0.1) is 0 Å². The molecule has 0 atom stereocenters. The van der Waals surface area contributed by atoms with E-state index in [1.807, 2.05) is 19.0 Å². The molecule has 130 valence electrons. The van der Waals surface area contributed by atoms with Crippen LogP contribution in [0.4, 0.5) is 0 Å². The van der Waals surface area contributed by atoms with Crippen molar-refractivity contribution >= 4 is 16.0 Å². The second kappa shape index (κ2) is 8.85. The van der Waals surface area contributed by atoms with Gasteiger partial charge >= 0.3 is 10.1 Å². The summed E-state index contributed by atoms with van der Waals surface area (Å²) in [5.74, 6) is 0.0681. The molecule has 23 heavy (non-hydrogen) atoms. The Bertz CT molecular complexity index is 616. The summed E-state index contributed by atoms with van der Waals surface area (Å²) in [6.07, 6.45) is 0.990. The number of rotatable bonds is 9. The Balaban J connectivity index is 2.96. The molecular weight excluding hydrogens is 320 g/mol. The van der Waals surface area contributed by atoms with Gasteiger partial charge in [0.2, 0.25) is 5.91 Å². The molecule has 1 aromatic carbocycles. The average molecular weight is 344 g/mol. The van der Waals surface area contributed by atoms with Gasteiger partial charge in [-0.3, -0.25) is 4.79 Å². The molecule has 0 aromatic heterocycles. The maximum atomic E-state index is 12.2. The van der Waals surface area contributed by atoms with Crippen LogP contribution in [0.5, 0.6) is 5.75 Å². The molecule has 0 unspecified atom stereocenters. The van der Waals surface area contributed by atoms with E-state index in [0.717, 1.165) is 6.26 Å². The van der Waals surface area contributed by atoms with Crippen LogP contribution in [0.3, 0.4) is 0 Å². The monoisotopic (exact) mass is 344 g/mol. The Hall–Kier alpha value is -1.64. The van der Waals surface area contributed by atoms with Gasteiger partial charge in [-0.1, -0.05) is 18.2 Å². The highest BCUT2D eigenvalue weighted by Crippen LogP contribution is 2.21. The second-order valence-corrected chi connectivity index (χ2v) is 7.02. The SMILES string of the molecule is COCC(=O)N(CCN(C)C)Cc1ccccc1OS(C)(=O)=O. The van der Waals surface area contributed by atoms with Gasteiger partial charge in [0.25, 0.3) is 0 Å². The van der Waals surface area contributed by atoms with Crippen molar-refractivity contribution in [3.63, 3.8) is 0 Å². The zero-order valence-corrected chi connectivity index (χ0v) is 14.8. The van der Waals surface area contributed by atoms with E-state index < -0.39 is 10.1 Å². The van der Waals surface area contributed by atoms with Gasteiger partial charge in [-0.05, 0) is 20.2 Å². The van der Waals surface area contributed by atoms with Crippen molar-refractivity contribution in [3.05, 3.63) is 29.8 Å². The van der Waals surface area contributed by atoms with E-state index >= 15 is 0 Å². The quantitative estimate of drug-likeness (QED) is 0.609. The van der Waals surface area contributed by atoms with E-state index in [1.165, 1.54) is 7.11 Å². The number of para-hydroxylation sites is 1. The fourth-order valence-electron chi connectivity index (χ4n) is 1.91. The number of carbonyl (C=O) groups is 1. The van der Waals surface area contributed by atoms with Crippen LogP contribution in [-0.4, -0.2) is 71.3 Å². The lowest BCUT2D eigenvalue weighted by Gasteiger charge is -2.25. The minimum atomic E-state index is -3.63. The summed E-state index contributed by atoms with van der Waals surface area (Å²) >= 11 is 0. The summed E-state index contributed by atoms with van der Waals surface area (Å²) in [4.78, 5) is 15.8. The molecule has 0 heterocycles. The lowest BCUT2D eigenvalue weighted by atomic mass is 10.2. The molecule has 0 aliphatic carbocycles. The number of amides is 1. The van der Waals surface area contributed by atoms with Gasteiger partial charge in [0.05, 0.1) is 6.26 Å². The van der Waals surface area contributed by atoms with E-state index in [1.54, 1.807) is 29.2 Å². The van der Waals surface area contributed by atoms with Gasteiger partial charge in [0, 0.05) is 32.3 Å². The van der Waals surface area contributed by atoms with Crippen LogP contribution >= 0.6 is 0 Å². The molecule has 0 radical (unpaired) electrons. The smallest absolute Gasteiger partial charge is 0.306 e. The molecule has 0 aliphatic heterocycles. The number of likely N-dealkylation sites (N-methyl/N-ethyl adjacent to an activating group) is 1. The Labute approximate surface area is 137 Å². The minimum absolute atomic E-state index is 0.0253. The van der Waals surface area contributed by atoms with E-state index in [4.69, 9.17) is 8.92 Å². The molecule has 1 amide bonds. The molecular formula is C15H24N2O5S. The van der Waals surface area contributed by atoms with Crippen molar-refractivity contribution in [1.29, 1.82) is 0 Å². The lowest BCUT2D eigenvalue weighted by Crippen LogP contribution is -2.38. The van der Waals surface area contributed by atoms with Crippen molar-refractivity contribution in [2.45, 2.75) is 6.54 Å². The fraction of sp³-hybridized carbons (Fsp3) is 0.533. The Morgan fingerprint density at radius 1 is 1.17 bits per heavy atom. The standard InChI is InChI=1S/C15H24N2O5S/c1-16(2)9-10-17(15(18)12-21-3)11-13-7-5-6-8-14(13)22-23(4,19)20/h5-8H,9-12H2,1-4H3. The molecule has 0 bridgehead atoms. The molecule has 1 aromatic rings. The third-order valence-corrected chi connectivity index (χ3v) is 3.49. The third kappa shape index (κ3) is 7.45. The number of nitrogens with zero attached hydrogens (tertiary/aromatic N) is 2. The minimum Gasteiger partial charge on any atom is -0.382 e. The highest BCUT2D eigenvalue weighted by atomic mass is 32.2. The van der Waals surface area contributed by atoms with Gasteiger partial charge in [0.1, 0.15) is 12.4 Å². The van der Waals surface area contributed by atoms with Crippen molar-refractivity contribution < 1.29 is 22.1 Å². The molecule has 0 aliphatic rings. The molecule has 0 saturated carbocycles. The van der Waals surface area contributed by atoms with Gasteiger partial charge < -0.3 is 18.7 Å². The van der Waals surface area contributed by atoms with Gasteiger partial charge in [-0.25, -0.2) is 0 Å². The molecule has 1 rings (SSSR count). The van der Waals surface area contributed by atoms with E-state index in [9.17, 15) is 13.2 Å². The molecule has 0 fully saturated rings. The zero-order valence-electron chi connectivity index (χ0n) is 14.0. The predicted molar refractivity (Wildman–Crippen MR) is 87.8 cm³/mol. The largest absolute Gasteiger partial charge is 0.382 e. The fourth-order valence-corrected chi connectivity index (χ4v) is 2.40. The topological polar surface area (TPSA) is 76.2 Å². The van der Waals surface area contributed by atoms with E-state index in [2.05, 4.69) is 0 Å². The van der Waals surface area contributed by atoms with Crippen molar-refractivity contribution in [3.8, 4) is 5.75 Å². The highest BCUT2D eigenvalue weighted by molar-refractivity contribution is 7.86. The summed E-state index contributed by atoms with van der Waals surface area (Å²) in [5, 5.41) is 0. The summed E-state index contributed by atoms with van der Waals surface area (Å²) in [6.45, 7) is 1.41. The number of ether oxygens (including phenoxy) is 1. The zero-order chi connectivity index (χ0) is 17.5. The van der Waals surface area contributed by atoms with Crippen molar-refractivity contribution in [2.24, 2.45) is 0 Å². The normalized spacial score (nSPS) is 11.5. The summed E-state index contributed by atoms with van der Waals surface area (Å²) in [7, 11) is 1.67. The Morgan fingerprint density at radius 2 is 1.83 bits per heavy atom. The molecule has 0 N–H and O–H groups in total. The number of benzene rings is 1. The van der Waals surface area contributed by atoms with Gasteiger partial charge in [-0.15, -0.1) is 0 Å². The van der Waals surface area contributed by atoms with Gasteiger partial charge in [0.15, 0.2) is 0 Å². The van der Waals surface area contributed by atoms with E-state index in [0.29, 0.717) is 18.7 Å². The third-order valence-electron chi connectivity index (χ3n) is 3.01. The van der Waals surface area contributed by atoms with Crippen LogP contribution < -0.4 is 4.18 Å². The maximum absolute atomic E-state index is 12.2. The Kier molecular flexibility index (Phi) is 7.47. The number of hydrogen-bond acceptors (Lipinski definition) is 6. The molecule has 0 saturated heterocycles.